The third-order valence-corrected chi connectivity index (χ3v) is 7.97. The number of hydrogen-bond donors (Lipinski definition) is 1. The van der Waals surface area contributed by atoms with Crippen LogP contribution in [0.3, 0.4) is 0 Å². The van der Waals surface area contributed by atoms with E-state index in [2.05, 4.69) is 5.10 Å². The van der Waals surface area contributed by atoms with Crippen molar-refractivity contribution < 1.29 is 32.7 Å². The number of amides is 2. The molecule has 0 radical (unpaired) electrons. The Labute approximate surface area is 201 Å². The zero-order valence-corrected chi connectivity index (χ0v) is 19.2. The molecule has 4 heterocycles. The van der Waals surface area contributed by atoms with Crippen LogP contribution in [0.4, 0.5) is 18.0 Å². The van der Waals surface area contributed by atoms with Crippen molar-refractivity contribution in [1.82, 2.24) is 19.6 Å². The number of aromatic nitrogens is 2. The maximum Gasteiger partial charge on any atom is 0.416 e. The van der Waals surface area contributed by atoms with Gasteiger partial charge < -0.3 is 14.9 Å². The first-order chi connectivity index (χ1) is 16.5. The predicted molar refractivity (Wildman–Crippen MR) is 121 cm³/mol. The van der Waals surface area contributed by atoms with Crippen LogP contribution in [0.5, 0.6) is 0 Å². The van der Waals surface area contributed by atoms with Gasteiger partial charge in [0.25, 0.3) is 5.91 Å². The Hall–Kier alpha value is -3.41. The van der Waals surface area contributed by atoms with Crippen LogP contribution in [0.2, 0.25) is 0 Å². The topological polar surface area (TPSA) is 95.7 Å². The highest BCUT2D eigenvalue weighted by Crippen LogP contribution is 2.42. The molecule has 2 aromatic heterocycles. The van der Waals surface area contributed by atoms with Crippen molar-refractivity contribution in [3.63, 3.8) is 0 Å². The zero-order chi connectivity index (χ0) is 25.0. The van der Waals surface area contributed by atoms with E-state index in [1.54, 1.807) is 15.9 Å². The molecule has 0 atom stereocenters. The van der Waals surface area contributed by atoms with Crippen LogP contribution in [0.25, 0.3) is 10.1 Å². The molecule has 2 saturated heterocycles. The summed E-state index contributed by atoms with van der Waals surface area (Å²) in [7, 11) is 0. The maximum atomic E-state index is 13.1. The van der Waals surface area contributed by atoms with Gasteiger partial charge in [0, 0.05) is 37.1 Å². The molecular formula is C23H21F3N4O4S. The Morgan fingerprint density at radius 3 is 2.31 bits per heavy atom. The molecule has 35 heavy (non-hydrogen) atoms. The van der Waals surface area contributed by atoms with E-state index in [4.69, 9.17) is 5.11 Å². The van der Waals surface area contributed by atoms with Gasteiger partial charge in [0.15, 0.2) is 5.69 Å². The molecule has 1 aromatic carbocycles. The first-order valence-corrected chi connectivity index (χ1v) is 11.8. The van der Waals surface area contributed by atoms with E-state index in [0.717, 1.165) is 34.6 Å². The quantitative estimate of drug-likeness (QED) is 0.556. The fourth-order valence-electron chi connectivity index (χ4n) is 4.85. The number of benzene rings is 1. The summed E-state index contributed by atoms with van der Waals surface area (Å²) in [6, 6.07) is 6.02. The van der Waals surface area contributed by atoms with Gasteiger partial charge in [-0.05, 0) is 54.3 Å². The normalized spacial score (nSPS) is 17.9. The van der Waals surface area contributed by atoms with Gasteiger partial charge in [-0.15, -0.1) is 11.3 Å². The second kappa shape index (κ2) is 8.36. The molecule has 8 nitrogen and oxygen atoms in total. The third kappa shape index (κ3) is 4.38. The van der Waals surface area contributed by atoms with Crippen molar-refractivity contribution in [1.29, 1.82) is 0 Å². The fourth-order valence-corrected chi connectivity index (χ4v) is 5.92. The Morgan fingerprint density at radius 2 is 1.69 bits per heavy atom. The van der Waals surface area contributed by atoms with Crippen LogP contribution < -0.4 is 0 Å². The number of carboxylic acid groups (broad SMARTS) is 1. The molecular weight excluding hydrogens is 485 g/mol. The van der Waals surface area contributed by atoms with E-state index in [0.29, 0.717) is 54.0 Å². The van der Waals surface area contributed by atoms with E-state index >= 15 is 0 Å². The minimum absolute atomic E-state index is 0.122. The summed E-state index contributed by atoms with van der Waals surface area (Å²) in [4.78, 5) is 40.6. The lowest BCUT2D eigenvalue weighted by Gasteiger charge is -2.38. The van der Waals surface area contributed by atoms with Gasteiger partial charge >= 0.3 is 18.2 Å². The van der Waals surface area contributed by atoms with Crippen molar-refractivity contribution >= 4 is 39.3 Å². The number of piperidine rings is 1. The molecule has 2 amide bonds. The van der Waals surface area contributed by atoms with E-state index in [1.807, 2.05) is 0 Å². The standard InChI is InChI=1S/C23H21F3N4O4S/c24-23(25,26)15-2-1-14-11-18(35-17(14)12-15)19(31)29-10-6-22(13-29)4-8-28(9-5-22)21(34)30-7-3-16(27-30)20(32)33/h1-3,7,11-12H,4-6,8-10,13H2,(H,32,33). The summed E-state index contributed by atoms with van der Waals surface area (Å²) in [5.41, 5.74) is -1.06. The van der Waals surface area contributed by atoms with Crippen molar-refractivity contribution in [3.8, 4) is 0 Å². The number of fused-ring (bicyclic) bond motifs is 1. The van der Waals surface area contributed by atoms with Crippen LogP contribution >= 0.6 is 11.3 Å². The zero-order valence-electron chi connectivity index (χ0n) is 18.4. The van der Waals surface area contributed by atoms with Gasteiger partial charge in [0.05, 0.1) is 10.4 Å². The van der Waals surface area contributed by atoms with Gasteiger partial charge in [-0.25, -0.2) is 9.59 Å². The average molecular weight is 507 g/mol. The van der Waals surface area contributed by atoms with Crippen LogP contribution in [0, 0.1) is 5.41 Å². The summed E-state index contributed by atoms with van der Waals surface area (Å²) in [5.74, 6) is -1.39. The number of likely N-dealkylation sites (tertiary alicyclic amines) is 2. The largest absolute Gasteiger partial charge is 0.476 e. The molecule has 0 aliphatic carbocycles. The highest BCUT2D eigenvalue weighted by atomic mass is 32.1. The first-order valence-electron chi connectivity index (χ1n) is 11.0. The Balaban J connectivity index is 1.23. The number of thiophene rings is 1. The number of nitrogens with zero attached hydrogens (tertiary/aromatic N) is 4. The number of rotatable bonds is 2. The van der Waals surface area contributed by atoms with E-state index in [1.165, 1.54) is 18.3 Å². The minimum Gasteiger partial charge on any atom is -0.476 e. The summed E-state index contributed by atoms with van der Waals surface area (Å²) >= 11 is 1.07. The van der Waals surface area contributed by atoms with Crippen molar-refractivity contribution in [3.05, 3.63) is 52.7 Å². The van der Waals surface area contributed by atoms with Gasteiger partial charge in [0.1, 0.15) is 0 Å². The van der Waals surface area contributed by atoms with Crippen LogP contribution in [0.1, 0.15) is 45.0 Å². The summed E-state index contributed by atoms with van der Waals surface area (Å²) in [6.07, 6.45) is -0.937. The highest BCUT2D eigenvalue weighted by molar-refractivity contribution is 7.20. The van der Waals surface area contributed by atoms with Crippen molar-refractivity contribution in [2.24, 2.45) is 5.41 Å². The first kappa shape index (κ1) is 23.3. The number of carboxylic acids is 1. The number of aromatic carboxylic acids is 1. The molecule has 5 rings (SSSR count). The second-order valence-corrected chi connectivity index (χ2v) is 10.1. The molecule has 0 unspecified atom stereocenters. The van der Waals surface area contributed by atoms with E-state index < -0.39 is 17.7 Å². The summed E-state index contributed by atoms with van der Waals surface area (Å²) < 4.78 is 40.5. The Kier molecular flexibility index (Phi) is 5.58. The molecule has 0 saturated carbocycles. The lowest BCUT2D eigenvalue weighted by atomic mass is 9.78. The summed E-state index contributed by atoms with van der Waals surface area (Å²) in [5, 5.41) is 13.4. The van der Waals surface area contributed by atoms with Gasteiger partial charge in [-0.1, -0.05) is 6.07 Å². The van der Waals surface area contributed by atoms with Gasteiger partial charge in [-0.3, -0.25) is 4.79 Å². The number of carbonyl (C=O) groups excluding carboxylic acids is 2. The number of carbonyl (C=O) groups is 3. The molecule has 2 aliphatic heterocycles. The fraction of sp³-hybridized carbons (Fsp3) is 0.391. The Bertz CT molecular complexity index is 1320. The molecule has 2 aliphatic rings. The lowest BCUT2D eigenvalue weighted by molar-refractivity contribution is -0.137. The van der Waals surface area contributed by atoms with Crippen LogP contribution in [0.15, 0.2) is 36.5 Å². The number of alkyl halides is 3. The van der Waals surface area contributed by atoms with E-state index in [9.17, 15) is 27.6 Å². The van der Waals surface area contributed by atoms with Crippen LogP contribution in [-0.4, -0.2) is 68.8 Å². The van der Waals surface area contributed by atoms with E-state index in [-0.39, 0.29) is 23.0 Å². The summed E-state index contributed by atoms with van der Waals surface area (Å²) in [6.45, 7) is 2.01. The molecule has 1 N–H and O–H groups in total. The molecule has 2 fully saturated rings. The predicted octanol–water partition coefficient (Wildman–Crippen LogP) is 4.41. The average Bonchev–Trinajstić information content (AvgIpc) is 3.56. The molecule has 1 spiro atoms. The second-order valence-electron chi connectivity index (χ2n) is 9.06. The minimum atomic E-state index is -4.43. The monoisotopic (exact) mass is 506 g/mol. The molecule has 12 heteroatoms. The molecule has 184 valence electrons. The lowest BCUT2D eigenvalue weighted by Crippen LogP contribution is -2.46. The third-order valence-electron chi connectivity index (χ3n) is 6.88. The number of hydrogen-bond acceptors (Lipinski definition) is 5. The highest BCUT2D eigenvalue weighted by Gasteiger charge is 2.43. The smallest absolute Gasteiger partial charge is 0.416 e. The number of halogens is 3. The van der Waals surface area contributed by atoms with Gasteiger partial charge in [0.2, 0.25) is 0 Å². The van der Waals surface area contributed by atoms with Crippen molar-refractivity contribution in [2.75, 3.05) is 26.2 Å². The molecule has 3 aromatic rings. The molecule has 0 bridgehead atoms. The SMILES string of the molecule is O=C(O)c1ccn(C(=O)N2CCC3(CCN(C(=O)c4cc5ccc(C(F)(F)F)cc5s4)C3)CC2)n1. The van der Waals surface area contributed by atoms with Crippen molar-refractivity contribution in [2.45, 2.75) is 25.4 Å². The Morgan fingerprint density at radius 1 is 1.00 bits per heavy atom. The van der Waals surface area contributed by atoms with Gasteiger partial charge in [-0.2, -0.15) is 23.0 Å². The van der Waals surface area contributed by atoms with Crippen LogP contribution in [-0.2, 0) is 6.18 Å². The maximum absolute atomic E-state index is 13.1.